The summed E-state index contributed by atoms with van der Waals surface area (Å²) in [5, 5.41) is 3.42. The number of oxazole rings is 1. The fourth-order valence-electron chi connectivity index (χ4n) is 2.92. The number of aromatic nitrogens is 1. The van der Waals surface area contributed by atoms with Crippen LogP contribution in [-0.2, 0) is 7.05 Å². The molecular formula is C14H19N3O2. The molecule has 5 heteroatoms. The Labute approximate surface area is 111 Å². The van der Waals surface area contributed by atoms with E-state index in [0.29, 0.717) is 17.7 Å². The van der Waals surface area contributed by atoms with E-state index in [4.69, 9.17) is 4.42 Å². The molecule has 0 saturated carbocycles. The first-order valence-corrected chi connectivity index (χ1v) is 6.66. The molecule has 0 bridgehead atoms. The van der Waals surface area contributed by atoms with Crippen LogP contribution in [0, 0.1) is 0 Å². The average Bonchev–Trinajstić information content (AvgIpc) is 2.65. The number of nitrogens with zero attached hydrogens (tertiary/aromatic N) is 2. The van der Waals surface area contributed by atoms with E-state index in [2.05, 4.69) is 30.1 Å². The molecule has 102 valence electrons. The first-order chi connectivity index (χ1) is 9.08. The van der Waals surface area contributed by atoms with Crippen molar-refractivity contribution in [2.24, 2.45) is 7.05 Å². The quantitative estimate of drug-likeness (QED) is 0.841. The second-order valence-corrected chi connectivity index (χ2v) is 5.34. The molecule has 19 heavy (non-hydrogen) atoms. The summed E-state index contributed by atoms with van der Waals surface area (Å²) >= 11 is 0. The Kier molecular flexibility index (Phi) is 2.86. The molecule has 0 radical (unpaired) electrons. The van der Waals surface area contributed by atoms with Gasteiger partial charge in [0.1, 0.15) is 0 Å². The number of aryl methyl sites for hydroxylation is 1. The minimum Gasteiger partial charge on any atom is -0.408 e. The minimum absolute atomic E-state index is 0.312. The van der Waals surface area contributed by atoms with Gasteiger partial charge in [0.25, 0.3) is 0 Å². The van der Waals surface area contributed by atoms with Crippen LogP contribution < -0.4 is 16.0 Å². The van der Waals surface area contributed by atoms with Gasteiger partial charge in [0.15, 0.2) is 5.58 Å². The van der Waals surface area contributed by atoms with Crippen LogP contribution in [0.2, 0.25) is 0 Å². The zero-order valence-corrected chi connectivity index (χ0v) is 11.5. The Balaban J connectivity index is 2.07. The van der Waals surface area contributed by atoms with Gasteiger partial charge >= 0.3 is 5.76 Å². The first-order valence-electron chi connectivity index (χ1n) is 6.66. The predicted molar refractivity (Wildman–Crippen MR) is 75.7 cm³/mol. The highest BCUT2D eigenvalue weighted by atomic mass is 16.4. The summed E-state index contributed by atoms with van der Waals surface area (Å²) in [5.74, 6) is -0.312. The molecule has 2 heterocycles. The molecule has 1 aliphatic heterocycles. The highest BCUT2D eigenvalue weighted by Crippen LogP contribution is 2.25. The third kappa shape index (κ3) is 1.94. The van der Waals surface area contributed by atoms with Crippen molar-refractivity contribution in [1.29, 1.82) is 0 Å². The van der Waals surface area contributed by atoms with E-state index >= 15 is 0 Å². The molecule has 1 saturated heterocycles. The highest BCUT2D eigenvalue weighted by Gasteiger charge is 2.25. The van der Waals surface area contributed by atoms with Gasteiger partial charge in [0.05, 0.1) is 5.52 Å². The molecule has 2 unspecified atom stereocenters. The topological polar surface area (TPSA) is 50.4 Å². The fourth-order valence-corrected chi connectivity index (χ4v) is 2.92. The van der Waals surface area contributed by atoms with Crippen LogP contribution in [-0.4, -0.2) is 29.7 Å². The van der Waals surface area contributed by atoms with Gasteiger partial charge < -0.3 is 14.6 Å². The molecule has 5 nitrogen and oxygen atoms in total. The normalized spacial score (nSPS) is 24.1. The van der Waals surface area contributed by atoms with Crippen LogP contribution in [0.3, 0.4) is 0 Å². The van der Waals surface area contributed by atoms with E-state index in [0.717, 1.165) is 24.3 Å². The fraction of sp³-hybridized carbons (Fsp3) is 0.500. The third-order valence-electron chi connectivity index (χ3n) is 3.90. The summed E-state index contributed by atoms with van der Waals surface area (Å²) in [4.78, 5) is 13.9. The van der Waals surface area contributed by atoms with Crippen molar-refractivity contribution in [2.45, 2.75) is 25.9 Å². The smallest absolute Gasteiger partial charge is 0.408 e. The van der Waals surface area contributed by atoms with E-state index in [-0.39, 0.29) is 5.76 Å². The summed E-state index contributed by atoms with van der Waals surface area (Å²) in [7, 11) is 1.73. The van der Waals surface area contributed by atoms with E-state index in [1.54, 1.807) is 7.05 Å². The van der Waals surface area contributed by atoms with Crippen molar-refractivity contribution in [2.75, 3.05) is 18.0 Å². The van der Waals surface area contributed by atoms with Crippen molar-refractivity contribution in [1.82, 2.24) is 9.88 Å². The van der Waals surface area contributed by atoms with Gasteiger partial charge in [0, 0.05) is 44.0 Å². The molecule has 0 aliphatic carbocycles. The maximum absolute atomic E-state index is 11.5. The van der Waals surface area contributed by atoms with Crippen LogP contribution in [0.25, 0.3) is 11.1 Å². The van der Waals surface area contributed by atoms with Crippen LogP contribution in [0.15, 0.2) is 27.4 Å². The maximum Gasteiger partial charge on any atom is 0.419 e. The zero-order chi connectivity index (χ0) is 13.6. The molecule has 1 fully saturated rings. The number of anilines is 1. The lowest BCUT2D eigenvalue weighted by Gasteiger charge is -2.41. The number of hydrogen-bond acceptors (Lipinski definition) is 4. The second-order valence-electron chi connectivity index (χ2n) is 5.34. The van der Waals surface area contributed by atoms with E-state index in [1.165, 1.54) is 4.57 Å². The van der Waals surface area contributed by atoms with Gasteiger partial charge in [-0.3, -0.25) is 4.57 Å². The van der Waals surface area contributed by atoms with Crippen molar-refractivity contribution >= 4 is 16.8 Å². The van der Waals surface area contributed by atoms with Crippen LogP contribution >= 0.6 is 0 Å². The zero-order valence-electron chi connectivity index (χ0n) is 11.5. The molecule has 2 aromatic rings. The molecular weight excluding hydrogens is 242 g/mol. The Hall–Kier alpha value is -1.75. The second kappa shape index (κ2) is 4.42. The standard InChI is InChI=1S/C14H19N3O2/c1-9-7-15-8-10(2)17(9)11-4-5-12-13(6-11)19-14(18)16(12)3/h4-6,9-10,15H,7-8H2,1-3H3. The summed E-state index contributed by atoms with van der Waals surface area (Å²) in [5.41, 5.74) is 2.61. The molecule has 0 amide bonds. The number of fused-ring (bicyclic) bond motifs is 1. The van der Waals surface area contributed by atoms with Crippen LogP contribution in [0.5, 0.6) is 0 Å². The lowest BCUT2D eigenvalue weighted by molar-refractivity contribution is 0.432. The Bertz CT molecular complexity index is 648. The van der Waals surface area contributed by atoms with Crippen LogP contribution in [0.4, 0.5) is 5.69 Å². The number of rotatable bonds is 1. The predicted octanol–water partition coefficient (Wildman–Crippen LogP) is 1.32. The van der Waals surface area contributed by atoms with Crippen LogP contribution in [0.1, 0.15) is 13.8 Å². The number of benzene rings is 1. The lowest BCUT2D eigenvalue weighted by atomic mass is 10.1. The summed E-state index contributed by atoms with van der Waals surface area (Å²) < 4.78 is 6.80. The summed E-state index contributed by atoms with van der Waals surface area (Å²) in [6.07, 6.45) is 0. The Morgan fingerprint density at radius 3 is 2.63 bits per heavy atom. The lowest BCUT2D eigenvalue weighted by Crippen LogP contribution is -2.55. The van der Waals surface area contributed by atoms with E-state index in [9.17, 15) is 4.79 Å². The SMILES string of the molecule is CC1CNCC(C)N1c1ccc2c(c1)oc(=O)n2C. The molecule has 1 N–H and O–H groups in total. The Morgan fingerprint density at radius 2 is 1.95 bits per heavy atom. The van der Waals surface area contributed by atoms with Gasteiger partial charge in [-0.25, -0.2) is 4.79 Å². The summed E-state index contributed by atoms with van der Waals surface area (Å²) in [6, 6.07) is 6.84. The Morgan fingerprint density at radius 1 is 1.26 bits per heavy atom. The molecule has 3 rings (SSSR count). The maximum atomic E-state index is 11.5. The van der Waals surface area contributed by atoms with Crippen molar-refractivity contribution in [3.8, 4) is 0 Å². The number of piperazine rings is 1. The average molecular weight is 261 g/mol. The first kappa shape index (κ1) is 12.3. The number of hydrogen-bond donors (Lipinski definition) is 1. The molecule has 1 aromatic heterocycles. The molecule has 2 atom stereocenters. The highest BCUT2D eigenvalue weighted by molar-refractivity contribution is 5.78. The molecule has 1 aliphatic rings. The molecule has 0 spiro atoms. The summed E-state index contributed by atoms with van der Waals surface area (Å²) in [6.45, 7) is 6.35. The van der Waals surface area contributed by atoms with Gasteiger partial charge in [-0.05, 0) is 26.0 Å². The minimum atomic E-state index is -0.312. The van der Waals surface area contributed by atoms with Crippen molar-refractivity contribution < 1.29 is 4.42 Å². The van der Waals surface area contributed by atoms with Gasteiger partial charge in [-0.2, -0.15) is 0 Å². The molecule has 1 aromatic carbocycles. The van der Waals surface area contributed by atoms with Gasteiger partial charge in [-0.1, -0.05) is 0 Å². The van der Waals surface area contributed by atoms with Gasteiger partial charge in [0.2, 0.25) is 0 Å². The third-order valence-corrected chi connectivity index (χ3v) is 3.90. The number of nitrogens with one attached hydrogen (secondary N) is 1. The monoisotopic (exact) mass is 261 g/mol. The largest absolute Gasteiger partial charge is 0.419 e. The van der Waals surface area contributed by atoms with Crippen molar-refractivity contribution in [3.63, 3.8) is 0 Å². The van der Waals surface area contributed by atoms with E-state index < -0.39 is 0 Å². The van der Waals surface area contributed by atoms with E-state index in [1.807, 2.05) is 12.1 Å². The van der Waals surface area contributed by atoms with Crippen molar-refractivity contribution in [3.05, 3.63) is 28.7 Å². The van der Waals surface area contributed by atoms with Gasteiger partial charge in [-0.15, -0.1) is 0 Å².